The van der Waals surface area contributed by atoms with Crippen LogP contribution in [0.15, 0.2) is 24.3 Å². The van der Waals surface area contributed by atoms with Crippen LogP contribution in [0.5, 0.6) is 0 Å². The van der Waals surface area contributed by atoms with Crippen molar-refractivity contribution in [2.24, 2.45) is 5.73 Å². The Morgan fingerprint density at radius 2 is 1.95 bits per heavy atom. The van der Waals surface area contributed by atoms with E-state index in [0.717, 1.165) is 33.3 Å². The second-order valence-corrected chi connectivity index (χ2v) is 6.56. The highest BCUT2D eigenvalue weighted by Crippen LogP contribution is 2.28. The van der Waals surface area contributed by atoms with Crippen molar-refractivity contribution in [1.82, 2.24) is 14.6 Å². The van der Waals surface area contributed by atoms with Gasteiger partial charge in [-0.2, -0.15) is 5.10 Å². The summed E-state index contributed by atoms with van der Waals surface area (Å²) in [6, 6.07) is 8.49. The van der Waals surface area contributed by atoms with Gasteiger partial charge in [-0.25, -0.2) is 9.50 Å². The Bertz CT molecular complexity index is 753. The van der Waals surface area contributed by atoms with Gasteiger partial charge in [0.05, 0.1) is 11.4 Å². The summed E-state index contributed by atoms with van der Waals surface area (Å²) in [6.45, 7) is 7.07. The standard InChI is InChI=1S/C16H20N4S/c1-10(2)15-19-20-11(3)14(18-16(20)21-15)13-6-4-12(5-7-13)8-9-17/h4-7,10H,8-9,17H2,1-3H3. The zero-order chi connectivity index (χ0) is 15.0. The van der Waals surface area contributed by atoms with E-state index >= 15 is 0 Å². The van der Waals surface area contributed by atoms with Crippen LogP contribution >= 0.6 is 11.3 Å². The molecule has 4 nitrogen and oxygen atoms in total. The molecule has 1 aromatic carbocycles. The van der Waals surface area contributed by atoms with E-state index in [4.69, 9.17) is 10.7 Å². The maximum absolute atomic E-state index is 5.59. The van der Waals surface area contributed by atoms with Crippen LogP contribution < -0.4 is 5.73 Å². The number of rotatable bonds is 4. The fourth-order valence-electron chi connectivity index (χ4n) is 2.37. The lowest BCUT2D eigenvalue weighted by atomic mass is 10.1. The Hall–Kier alpha value is -1.72. The number of fused-ring (bicyclic) bond motifs is 1. The maximum atomic E-state index is 5.59. The van der Waals surface area contributed by atoms with Crippen LogP contribution in [0.3, 0.4) is 0 Å². The average molecular weight is 300 g/mol. The zero-order valence-electron chi connectivity index (χ0n) is 12.6. The van der Waals surface area contributed by atoms with Gasteiger partial charge in [0, 0.05) is 11.5 Å². The molecule has 0 spiro atoms. The van der Waals surface area contributed by atoms with Crippen LogP contribution in [0, 0.1) is 6.92 Å². The van der Waals surface area contributed by atoms with Crippen molar-refractivity contribution >= 4 is 16.3 Å². The number of hydrogen-bond donors (Lipinski definition) is 1. The van der Waals surface area contributed by atoms with E-state index in [2.05, 4.69) is 50.1 Å². The molecule has 21 heavy (non-hydrogen) atoms. The molecule has 3 aromatic rings. The van der Waals surface area contributed by atoms with Gasteiger partial charge in [-0.3, -0.25) is 0 Å². The monoisotopic (exact) mass is 300 g/mol. The fraction of sp³-hybridized carbons (Fsp3) is 0.375. The molecule has 0 bridgehead atoms. The van der Waals surface area contributed by atoms with E-state index < -0.39 is 0 Å². The molecule has 0 atom stereocenters. The quantitative estimate of drug-likeness (QED) is 0.803. The van der Waals surface area contributed by atoms with Crippen molar-refractivity contribution in [2.75, 3.05) is 6.54 Å². The van der Waals surface area contributed by atoms with Gasteiger partial charge in [0.15, 0.2) is 0 Å². The van der Waals surface area contributed by atoms with Gasteiger partial charge in [-0.15, -0.1) is 0 Å². The second-order valence-electron chi connectivity index (χ2n) is 5.57. The van der Waals surface area contributed by atoms with Crippen LogP contribution in [0.4, 0.5) is 0 Å². The molecular formula is C16H20N4S. The zero-order valence-corrected chi connectivity index (χ0v) is 13.4. The largest absolute Gasteiger partial charge is 0.330 e. The molecule has 0 amide bonds. The molecule has 0 saturated heterocycles. The maximum Gasteiger partial charge on any atom is 0.212 e. The highest BCUT2D eigenvalue weighted by Gasteiger charge is 2.15. The smallest absolute Gasteiger partial charge is 0.212 e. The molecule has 2 heterocycles. The Balaban J connectivity index is 2.00. The van der Waals surface area contributed by atoms with Crippen molar-refractivity contribution in [1.29, 1.82) is 0 Å². The molecule has 5 heteroatoms. The number of nitrogens with zero attached hydrogens (tertiary/aromatic N) is 3. The number of aryl methyl sites for hydroxylation is 1. The van der Waals surface area contributed by atoms with E-state index in [-0.39, 0.29) is 0 Å². The highest BCUT2D eigenvalue weighted by molar-refractivity contribution is 7.16. The van der Waals surface area contributed by atoms with Gasteiger partial charge in [-0.05, 0) is 25.5 Å². The lowest BCUT2D eigenvalue weighted by Gasteiger charge is -2.02. The highest BCUT2D eigenvalue weighted by atomic mass is 32.1. The summed E-state index contributed by atoms with van der Waals surface area (Å²) in [6.07, 6.45) is 0.914. The Labute approximate surface area is 128 Å². The molecule has 2 aromatic heterocycles. The molecule has 0 aliphatic rings. The molecule has 0 fully saturated rings. The van der Waals surface area contributed by atoms with Crippen molar-refractivity contribution < 1.29 is 0 Å². The van der Waals surface area contributed by atoms with Gasteiger partial charge < -0.3 is 5.73 Å². The summed E-state index contributed by atoms with van der Waals surface area (Å²) in [7, 11) is 0. The van der Waals surface area contributed by atoms with E-state index in [1.807, 2.05) is 4.52 Å². The summed E-state index contributed by atoms with van der Waals surface area (Å²) in [5, 5.41) is 5.79. The predicted octanol–water partition coefficient (Wildman–Crippen LogP) is 3.39. The van der Waals surface area contributed by atoms with Crippen LogP contribution in [0.1, 0.15) is 36.0 Å². The van der Waals surface area contributed by atoms with Crippen LogP contribution in [-0.4, -0.2) is 21.1 Å². The SMILES string of the molecule is Cc1c(-c2ccc(CCN)cc2)nc2sc(C(C)C)nn12. The van der Waals surface area contributed by atoms with Gasteiger partial charge in [0.2, 0.25) is 4.96 Å². The number of benzene rings is 1. The second kappa shape index (κ2) is 5.58. The molecule has 110 valence electrons. The van der Waals surface area contributed by atoms with E-state index in [0.29, 0.717) is 12.5 Å². The first kappa shape index (κ1) is 14.2. The topological polar surface area (TPSA) is 56.2 Å². The van der Waals surface area contributed by atoms with Crippen molar-refractivity contribution in [3.8, 4) is 11.3 Å². The van der Waals surface area contributed by atoms with E-state index in [9.17, 15) is 0 Å². The normalized spacial score (nSPS) is 11.7. The first-order chi connectivity index (χ1) is 10.1. The minimum absolute atomic E-state index is 0.440. The number of aromatic nitrogens is 3. The fourth-order valence-corrected chi connectivity index (χ4v) is 3.31. The van der Waals surface area contributed by atoms with E-state index in [1.165, 1.54) is 5.56 Å². The van der Waals surface area contributed by atoms with Crippen molar-refractivity contribution in [3.05, 3.63) is 40.5 Å². The Morgan fingerprint density at radius 1 is 1.24 bits per heavy atom. The first-order valence-corrected chi connectivity index (χ1v) is 8.07. The third-order valence-electron chi connectivity index (χ3n) is 3.60. The molecule has 0 aliphatic heterocycles. The molecule has 3 rings (SSSR count). The lowest BCUT2D eigenvalue weighted by molar-refractivity contribution is 0.793. The van der Waals surface area contributed by atoms with Crippen LogP contribution in [0.25, 0.3) is 16.2 Å². The summed E-state index contributed by atoms with van der Waals surface area (Å²) in [5.74, 6) is 0.440. The van der Waals surface area contributed by atoms with E-state index in [1.54, 1.807) is 11.3 Å². The summed E-state index contributed by atoms with van der Waals surface area (Å²) < 4.78 is 1.96. The number of nitrogens with two attached hydrogens (primary N) is 1. The molecule has 0 aliphatic carbocycles. The minimum atomic E-state index is 0.440. The molecule has 2 N–H and O–H groups in total. The van der Waals surface area contributed by atoms with Crippen LogP contribution in [-0.2, 0) is 6.42 Å². The molecule has 0 radical (unpaired) electrons. The summed E-state index contributed by atoms with van der Waals surface area (Å²) in [4.78, 5) is 5.73. The van der Waals surface area contributed by atoms with Gasteiger partial charge in [-0.1, -0.05) is 49.4 Å². The number of imidazole rings is 1. The average Bonchev–Trinajstić information content (AvgIpc) is 3.01. The lowest BCUT2D eigenvalue weighted by Crippen LogP contribution is -2.02. The molecular weight excluding hydrogens is 280 g/mol. The van der Waals surface area contributed by atoms with Gasteiger partial charge in [0.25, 0.3) is 0 Å². The summed E-state index contributed by atoms with van der Waals surface area (Å²) >= 11 is 1.67. The number of hydrogen-bond acceptors (Lipinski definition) is 4. The third kappa shape index (κ3) is 2.59. The Kier molecular flexibility index (Phi) is 3.78. The van der Waals surface area contributed by atoms with Gasteiger partial charge in [0.1, 0.15) is 5.01 Å². The van der Waals surface area contributed by atoms with Crippen molar-refractivity contribution in [3.63, 3.8) is 0 Å². The van der Waals surface area contributed by atoms with Gasteiger partial charge >= 0.3 is 0 Å². The predicted molar refractivity (Wildman–Crippen MR) is 87.9 cm³/mol. The van der Waals surface area contributed by atoms with Crippen LogP contribution in [0.2, 0.25) is 0 Å². The van der Waals surface area contributed by atoms with Crippen molar-refractivity contribution in [2.45, 2.75) is 33.1 Å². The minimum Gasteiger partial charge on any atom is -0.330 e. The first-order valence-electron chi connectivity index (χ1n) is 7.25. The molecule has 0 unspecified atom stereocenters. The molecule has 0 saturated carbocycles. The third-order valence-corrected chi connectivity index (χ3v) is 4.81. The summed E-state index contributed by atoms with van der Waals surface area (Å²) in [5.41, 5.74) is 10.1. The Morgan fingerprint density at radius 3 is 2.52 bits per heavy atom.